The monoisotopic (exact) mass is 334 g/mol. The molecule has 0 N–H and O–H groups in total. The van der Waals surface area contributed by atoms with Gasteiger partial charge in [-0.05, 0) is 26.0 Å². The van der Waals surface area contributed by atoms with Gasteiger partial charge in [0.25, 0.3) is 0 Å². The number of aromatic nitrogens is 1. The Balaban J connectivity index is 2.08. The molecule has 2 heterocycles. The molecule has 0 bridgehead atoms. The van der Waals surface area contributed by atoms with E-state index in [0.717, 1.165) is 21.9 Å². The molecule has 0 radical (unpaired) electrons. The van der Waals surface area contributed by atoms with E-state index in [9.17, 15) is 14.4 Å². The Morgan fingerprint density at radius 1 is 1.36 bits per heavy atom. The molecule has 0 aliphatic heterocycles. The normalized spacial score (nSPS) is 11.9. The zero-order valence-corrected chi connectivity index (χ0v) is 13.8. The Bertz CT molecular complexity index is 807. The summed E-state index contributed by atoms with van der Waals surface area (Å²) in [7, 11) is 0. The molecular formula is C15H14N2O3S2. The number of nitriles is 1. The fraction of sp³-hybridized carbons (Fsp3) is 0.333. The van der Waals surface area contributed by atoms with Gasteiger partial charge in [-0.15, -0.1) is 11.3 Å². The summed E-state index contributed by atoms with van der Waals surface area (Å²) < 4.78 is 1.48. The molecule has 22 heavy (non-hydrogen) atoms. The first-order valence-electron chi connectivity index (χ1n) is 6.62. The highest BCUT2D eigenvalue weighted by atomic mass is 32.1. The molecule has 0 amide bonds. The standard InChI is InChI=1S/C15H14N2O3S2/c1-9-8-21-15(20)17(9)6-5-12(18)11(7-16)14(19)13-4-3-10(2)22-13/h3-4,8,11H,5-6H2,1-2H3. The number of rotatable bonds is 6. The number of ketones is 2. The molecule has 114 valence electrons. The molecule has 0 fully saturated rings. The predicted octanol–water partition coefficient (Wildman–Crippen LogP) is 2.57. The van der Waals surface area contributed by atoms with Crippen molar-refractivity contribution in [1.29, 1.82) is 5.26 Å². The average molecular weight is 334 g/mol. The van der Waals surface area contributed by atoms with Gasteiger partial charge >= 0.3 is 4.87 Å². The van der Waals surface area contributed by atoms with Crippen LogP contribution in [-0.4, -0.2) is 16.1 Å². The first-order valence-corrected chi connectivity index (χ1v) is 8.31. The van der Waals surface area contributed by atoms with E-state index in [1.54, 1.807) is 30.5 Å². The van der Waals surface area contributed by atoms with Gasteiger partial charge < -0.3 is 4.57 Å². The fourth-order valence-corrected chi connectivity index (χ4v) is 3.63. The van der Waals surface area contributed by atoms with Crippen LogP contribution in [0.4, 0.5) is 0 Å². The van der Waals surface area contributed by atoms with Crippen LogP contribution in [0.15, 0.2) is 22.3 Å². The third-order valence-corrected chi connectivity index (χ3v) is 5.15. The zero-order chi connectivity index (χ0) is 16.3. The molecule has 7 heteroatoms. The minimum absolute atomic E-state index is 0.00813. The number of carbonyl (C=O) groups excluding carboxylic acids is 2. The molecule has 2 rings (SSSR count). The maximum Gasteiger partial charge on any atom is 0.307 e. The number of hydrogen-bond donors (Lipinski definition) is 0. The summed E-state index contributed by atoms with van der Waals surface area (Å²) in [5.41, 5.74) is 0.775. The molecule has 0 aromatic carbocycles. The van der Waals surface area contributed by atoms with E-state index >= 15 is 0 Å². The highest BCUT2D eigenvalue weighted by Gasteiger charge is 2.28. The van der Waals surface area contributed by atoms with Crippen LogP contribution in [0.5, 0.6) is 0 Å². The van der Waals surface area contributed by atoms with Crippen LogP contribution in [-0.2, 0) is 11.3 Å². The molecule has 2 aromatic rings. The van der Waals surface area contributed by atoms with Crippen molar-refractivity contribution in [1.82, 2.24) is 4.57 Å². The molecule has 0 aliphatic carbocycles. The number of thiazole rings is 1. The van der Waals surface area contributed by atoms with Crippen LogP contribution in [0.3, 0.4) is 0 Å². The van der Waals surface area contributed by atoms with Crippen molar-refractivity contribution in [3.63, 3.8) is 0 Å². The predicted molar refractivity (Wildman–Crippen MR) is 85.4 cm³/mol. The van der Waals surface area contributed by atoms with Gasteiger partial charge in [0.15, 0.2) is 17.5 Å². The van der Waals surface area contributed by atoms with Crippen LogP contribution in [0.25, 0.3) is 0 Å². The van der Waals surface area contributed by atoms with Crippen molar-refractivity contribution in [2.24, 2.45) is 5.92 Å². The fourth-order valence-electron chi connectivity index (χ4n) is 2.03. The third kappa shape index (κ3) is 3.40. The number of nitrogens with zero attached hydrogens (tertiary/aromatic N) is 2. The third-order valence-electron chi connectivity index (χ3n) is 3.25. The van der Waals surface area contributed by atoms with Crippen LogP contribution >= 0.6 is 22.7 Å². The van der Waals surface area contributed by atoms with E-state index in [4.69, 9.17) is 5.26 Å². The molecule has 0 spiro atoms. The van der Waals surface area contributed by atoms with E-state index in [2.05, 4.69) is 0 Å². The molecule has 0 aliphatic rings. The van der Waals surface area contributed by atoms with E-state index in [1.807, 2.05) is 6.92 Å². The van der Waals surface area contributed by atoms with Crippen molar-refractivity contribution in [2.75, 3.05) is 0 Å². The van der Waals surface area contributed by atoms with Gasteiger partial charge in [-0.1, -0.05) is 11.3 Å². The average Bonchev–Trinajstić information content (AvgIpc) is 3.04. The second-order valence-electron chi connectivity index (χ2n) is 4.85. The first kappa shape index (κ1) is 16.3. The summed E-state index contributed by atoms with van der Waals surface area (Å²) >= 11 is 2.34. The summed E-state index contributed by atoms with van der Waals surface area (Å²) in [4.78, 5) is 37.2. The van der Waals surface area contributed by atoms with Crippen LogP contribution in [0.2, 0.25) is 0 Å². The summed E-state index contributed by atoms with van der Waals surface area (Å²) in [5.74, 6) is -2.20. The SMILES string of the molecule is Cc1ccc(C(=O)C(C#N)C(=O)CCn2c(C)csc2=O)s1. The van der Waals surface area contributed by atoms with E-state index in [1.165, 1.54) is 15.9 Å². The number of hydrogen-bond acceptors (Lipinski definition) is 6. The Morgan fingerprint density at radius 3 is 2.59 bits per heavy atom. The second-order valence-corrected chi connectivity index (χ2v) is 6.96. The maximum absolute atomic E-state index is 12.2. The number of Topliss-reactive ketones (excluding diaryl/α,β-unsaturated/α-hetero) is 2. The molecule has 5 nitrogen and oxygen atoms in total. The van der Waals surface area contributed by atoms with Gasteiger partial charge in [0.1, 0.15) is 0 Å². The first-order chi connectivity index (χ1) is 10.4. The largest absolute Gasteiger partial charge is 0.307 e. The Morgan fingerprint density at radius 2 is 2.09 bits per heavy atom. The van der Waals surface area contributed by atoms with Gasteiger partial charge in [-0.25, -0.2) is 0 Å². The second kappa shape index (κ2) is 6.81. The number of thiophene rings is 1. The highest BCUT2D eigenvalue weighted by molar-refractivity contribution is 7.14. The quantitative estimate of drug-likeness (QED) is 0.601. The van der Waals surface area contributed by atoms with Gasteiger partial charge in [-0.2, -0.15) is 5.26 Å². The van der Waals surface area contributed by atoms with Crippen molar-refractivity contribution in [2.45, 2.75) is 26.8 Å². The molecule has 1 atom stereocenters. The van der Waals surface area contributed by atoms with Gasteiger partial charge in [0.2, 0.25) is 0 Å². The number of aryl methyl sites for hydroxylation is 2. The molecule has 0 saturated heterocycles. The van der Waals surface area contributed by atoms with Gasteiger partial charge in [-0.3, -0.25) is 14.4 Å². The van der Waals surface area contributed by atoms with Crippen LogP contribution in [0.1, 0.15) is 26.7 Å². The lowest BCUT2D eigenvalue weighted by atomic mass is 9.97. The molecule has 2 aromatic heterocycles. The lowest BCUT2D eigenvalue weighted by Crippen LogP contribution is -2.25. The van der Waals surface area contributed by atoms with Crippen LogP contribution in [0, 0.1) is 31.1 Å². The summed E-state index contributed by atoms with van der Waals surface area (Å²) in [6.45, 7) is 3.84. The van der Waals surface area contributed by atoms with E-state index in [-0.39, 0.29) is 17.8 Å². The molecule has 1 unspecified atom stereocenters. The lowest BCUT2D eigenvalue weighted by molar-refractivity contribution is -0.120. The Hall–Kier alpha value is -2.04. The van der Waals surface area contributed by atoms with E-state index < -0.39 is 17.5 Å². The van der Waals surface area contributed by atoms with Crippen LogP contribution < -0.4 is 4.87 Å². The van der Waals surface area contributed by atoms with E-state index in [0.29, 0.717) is 4.88 Å². The summed E-state index contributed by atoms with van der Waals surface area (Å²) in [6.07, 6.45) is -0.00813. The van der Waals surface area contributed by atoms with Crippen molar-refractivity contribution in [3.05, 3.63) is 42.6 Å². The topological polar surface area (TPSA) is 79.9 Å². The van der Waals surface area contributed by atoms with Gasteiger partial charge in [0, 0.05) is 28.9 Å². The van der Waals surface area contributed by atoms with Gasteiger partial charge in [0.05, 0.1) is 10.9 Å². The Labute approximate surface area is 135 Å². The summed E-state index contributed by atoms with van der Waals surface area (Å²) in [5, 5.41) is 10.9. The van der Waals surface area contributed by atoms with Crippen molar-refractivity contribution >= 4 is 34.2 Å². The minimum Gasteiger partial charge on any atom is -0.303 e. The smallest absolute Gasteiger partial charge is 0.303 e. The molecule has 0 saturated carbocycles. The zero-order valence-electron chi connectivity index (χ0n) is 12.2. The Kier molecular flexibility index (Phi) is 5.06. The van der Waals surface area contributed by atoms with Crippen molar-refractivity contribution in [3.8, 4) is 6.07 Å². The lowest BCUT2D eigenvalue weighted by Gasteiger charge is -2.07. The van der Waals surface area contributed by atoms with Crippen molar-refractivity contribution < 1.29 is 9.59 Å². The molecular weight excluding hydrogens is 320 g/mol. The number of carbonyl (C=O) groups is 2. The minimum atomic E-state index is -1.30. The summed E-state index contributed by atoms with van der Waals surface area (Å²) in [6, 6.07) is 5.21. The highest BCUT2D eigenvalue weighted by Crippen LogP contribution is 2.20. The maximum atomic E-state index is 12.2.